The van der Waals surface area contributed by atoms with Crippen LogP contribution in [0.3, 0.4) is 0 Å². The summed E-state index contributed by atoms with van der Waals surface area (Å²) >= 11 is 3.63. The number of hydrogen-bond donors (Lipinski definition) is 0. The zero-order valence-electron chi connectivity index (χ0n) is 17.5. The van der Waals surface area contributed by atoms with Gasteiger partial charge in [-0.1, -0.05) is 52.3 Å². The predicted molar refractivity (Wildman–Crippen MR) is 130 cm³/mol. The molecule has 0 unspecified atom stereocenters. The molecule has 2 heterocycles. The predicted octanol–water partition coefficient (Wildman–Crippen LogP) is 6.85. The fraction of sp³-hybridized carbons (Fsp3) is 0.148. The molecular formula is C27H21BrN2O2. The second-order valence-corrected chi connectivity index (χ2v) is 9.05. The highest BCUT2D eigenvalue weighted by Gasteiger charge is 2.41. The first kappa shape index (κ1) is 19.4. The lowest BCUT2D eigenvalue weighted by molar-refractivity contribution is -0.0191. The second kappa shape index (κ2) is 7.68. The Labute approximate surface area is 195 Å². The lowest BCUT2D eigenvalue weighted by Crippen LogP contribution is -2.33. The molecule has 0 aliphatic carbocycles. The van der Waals surface area contributed by atoms with Crippen LogP contribution in [0, 0.1) is 0 Å². The van der Waals surface area contributed by atoms with Crippen LogP contribution >= 0.6 is 15.9 Å². The van der Waals surface area contributed by atoms with Crippen molar-refractivity contribution >= 4 is 32.4 Å². The number of fused-ring (bicyclic) bond motifs is 4. The molecule has 0 fully saturated rings. The normalized spacial score (nSPS) is 19.2. The van der Waals surface area contributed by atoms with Gasteiger partial charge in [-0.05, 0) is 64.9 Å². The molecule has 0 bridgehead atoms. The van der Waals surface area contributed by atoms with E-state index in [0.717, 1.165) is 44.8 Å². The third-order valence-corrected chi connectivity index (χ3v) is 6.73. The van der Waals surface area contributed by atoms with E-state index in [4.69, 9.17) is 14.6 Å². The molecular weight excluding hydrogens is 464 g/mol. The summed E-state index contributed by atoms with van der Waals surface area (Å²) < 4.78 is 12.9. The molecule has 0 amide bonds. The largest absolute Gasteiger partial charge is 0.497 e. The Balaban J connectivity index is 1.44. The molecule has 6 rings (SSSR count). The van der Waals surface area contributed by atoms with Crippen LogP contribution < -0.4 is 9.47 Å². The Morgan fingerprint density at radius 1 is 0.938 bits per heavy atom. The van der Waals surface area contributed by atoms with E-state index < -0.39 is 0 Å². The minimum absolute atomic E-state index is 0.116. The molecule has 158 valence electrons. The van der Waals surface area contributed by atoms with Gasteiger partial charge in [0.2, 0.25) is 6.23 Å². The van der Waals surface area contributed by atoms with Gasteiger partial charge in [0.05, 0.1) is 18.9 Å². The maximum absolute atomic E-state index is 6.47. The smallest absolute Gasteiger partial charge is 0.213 e. The molecule has 5 heteroatoms. The Kier molecular flexibility index (Phi) is 4.65. The lowest BCUT2D eigenvalue weighted by atomic mass is 9.95. The number of methoxy groups -OCH3 is 1. The average Bonchev–Trinajstić information content (AvgIpc) is 3.29. The molecule has 4 aromatic rings. The van der Waals surface area contributed by atoms with Crippen LogP contribution in [0.1, 0.15) is 35.4 Å². The Hall–Kier alpha value is -3.31. The Morgan fingerprint density at radius 3 is 2.56 bits per heavy atom. The Morgan fingerprint density at radius 2 is 1.75 bits per heavy atom. The summed E-state index contributed by atoms with van der Waals surface area (Å²) in [5, 5.41) is 9.67. The van der Waals surface area contributed by atoms with Crippen LogP contribution in [0.5, 0.6) is 11.5 Å². The molecule has 0 saturated heterocycles. The van der Waals surface area contributed by atoms with Crippen LogP contribution in [0.2, 0.25) is 0 Å². The maximum atomic E-state index is 6.47. The van der Waals surface area contributed by atoms with Crippen molar-refractivity contribution in [3.05, 3.63) is 106 Å². The van der Waals surface area contributed by atoms with Gasteiger partial charge in [0.1, 0.15) is 11.5 Å². The van der Waals surface area contributed by atoms with Crippen molar-refractivity contribution in [2.75, 3.05) is 7.11 Å². The standard InChI is InChI=1S/C27H21BrN2O2/c1-31-22-11-8-18(9-12-22)27-30-25(23-15-21(28)10-13-26(23)32-27)16-24(29-30)20-7-6-17-4-2-3-5-19(17)14-20/h2-15,25,27H,16H2,1H3/t25-,27+/m0/s1. The minimum atomic E-state index is -0.294. The fourth-order valence-electron chi connectivity index (χ4n) is 4.59. The molecule has 0 radical (unpaired) electrons. The number of ether oxygens (including phenoxy) is 2. The highest BCUT2D eigenvalue weighted by atomic mass is 79.9. The lowest BCUT2D eigenvalue weighted by Gasteiger charge is -2.38. The number of benzene rings is 4. The van der Waals surface area contributed by atoms with E-state index in [1.807, 2.05) is 36.4 Å². The summed E-state index contributed by atoms with van der Waals surface area (Å²) in [5.41, 5.74) is 4.44. The third kappa shape index (κ3) is 3.24. The van der Waals surface area contributed by atoms with Gasteiger partial charge in [-0.15, -0.1) is 0 Å². The van der Waals surface area contributed by atoms with Crippen molar-refractivity contribution in [1.82, 2.24) is 5.01 Å². The zero-order valence-corrected chi connectivity index (χ0v) is 19.1. The van der Waals surface area contributed by atoms with Gasteiger partial charge < -0.3 is 9.47 Å². The van der Waals surface area contributed by atoms with Crippen LogP contribution in [0.25, 0.3) is 10.8 Å². The van der Waals surface area contributed by atoms with Crippen molar-refractivity contribution < 1.29 is 9.47 Å². The number of nitrogens with zero attached hydrogens (tertiary/aromatic N) is 2. The third-order valence-electron chi connectivity index (χ3n) is 6.24. The van der Waals surface area contributed by atoms with Crippen molar-refractivity contribution in [2.24, 2.45) is 5.10 Å². The topological polar surface area (TPSA) is 34.1 Å². The first-order valence-corrected chi connectivity index (χ1v) is 11.4. The molecule has 0 saturated carbocycles. The molecule has 4 nitrogen and oxygen atoms in total. The molecule has 0 N–H and O–H groups in total. The summed E-state index contributed by atoms with van der Waals surface area (Å²) in [5.74, 6) is 1.73. The van der Waals surface area contributed by atoms with Gasteiger partial charge in [0, 0.05) is 22.0 Å². The van der Waals surface area contributed by atoms with Gasteiger partial charge in [-0.25, -0.2) is 5.01 Å². The molecule has 32 heavy (non-hydrogen) atoms. The molecule has 2 aliphatic heterocycles. The number of hydrogen-bond acceptors (Lipinski definition) is 4. The quantitative estimate of drug-likeness (QED) is 0.318. The highest BCUT2D eigenvalue weighted by molar-refractivity contribution is 9.10. The first-order valence-electron chi connectivity index (χ1n) is 10.6. The molecule has 2 atom stereocenters. The van der Waals surface area contributed by atoms with Gasteiger partial charge in [0.15, 0.2) is 0 Å². The maximum Gasteiger partial charge on any atom is 0.213 e. The van der Waals surface area contributed by atoms with Crippen molar-refractivity contribution in [2.45, 2.75) is 18.7 Å². The molecule has 2 aliphatic rings. The van der Waals surface area contributed by atoms with Gasteiger partial charge in [-0.2, -0.15) is 5.10 Å². The molecule has 0 aromatic heterocycles. The minimum Gasteiger partial charge on any atom is -0.497 e. The van der Waals surface area contributed by atoms with Gasteiger partial charge >= 0.3 is 0 Å². The van der Waals surface area contributed by atoms with E-state index in [9.17, 15) is 0 Å². The van der Waals surface area contributed by atoms with Crippen molar-refractivity contribution in [1.29, 1.82) is 0 Å². The summed E-state index contributed by atoms with van der Waals surface area (Å²) in [6.45, 7) is 0. The average molecular weight is 485 g/mol. The second-order valence-electron chi connectivity index (χ2n) is 8.13. The van der Waals surface area contributed by atoms with Crippen molar-refractivity contribution in [3.63, 3.8) is 0 Å². The van der Waals surface area contributed by atoms with E-state index in [1.54, 1.807) is 7.11 Å². The summed E-state index contributed by atoms with van der Waals surface area (Å²) in [6.07, 6.45) is 0.537. The van der Waals surface area contributed by atoms with Crippen LogP contribution in [0.15, 0.2) is 94.5 Å². The molecule has 0 spiro atoms. The number of halogens is 1. The van der Waals surface area contributed by atoms with E-state index in [2.05, 4.69) is 69.5 Å². The van der Waals surface area contributed by atoms with Gasteiger partial charge in [0.25, 0.3) is 0 Å². The summed E-state index contributed by atoms with van der Waals surface area (Å²) in [6, 6.07) is 29.4. The number of hydrazone groups is 1. The van der Waals surface area contributed by atoms with Crippen LogP contribution in [-0.2, 0) is 0 Å². The molecule has 4 aromatic carbocycles. The van der Waals surface area contributed by atoms with E-state index in [0.29, 0.717) is 0 Å². The van der Waals surface area contributed by atoms with Gasteiger partial charge in [-0.3, -0.25) is 0 Å². The first-order chi connectivity index (χ1) is 15.7. The van der Waals surface area contributed by atoms with Crippen LogP contribution in [0.4, 0.5) is 0 Å². The highest BCUT2D eigenvalue weighted by Crippen LogP contribution is 2.48. The summed E-state index contributed by atoms with van der Waals surface area (Å²) in [7, 11) is 1.68. The van der Waals surface area contributed by atoms with E-state index in [1.165, 1.54) is 10.8 Å². The van der Waals surface area contributed by atoms with E-state index in [-0.39, 0.29) is 12.3 Å². The number of rotatable bonds is 3. The Bertz CT molecular complexity index is 1350. The zero-order chi connectivity index (χ0) is 21.7. The van der Waals surface area contributed by atoms with Crippen molar-refractivity contribution in [3.8, 4) is 11.5 Å². The monoisotopic (exact) mass is 484 g/mol. The van der Waals surface area contributed by atoms with Crippen LogP contribution in [-0.4, -0.2) is 17.8 Å². The fourth-order valence-corrected chi connectivity index (χ4v) is 4.97. The van der Waals surface area contributed by atoms with E-state index >= 15 is 0 Å². The summed E-state index contributed by atoms with van der Waals surface area (Å²) in [4.78, 5) is 0. The SMILES string of the molecule is COc1ccc([C@H]2Oc3ccc(Br)cc3[C@@H]3CC(c4ccc5ccccc5c4)=NN23)cc1.